The van der Waals surface area contributed by atoms with Crippen LogP contribution in [0.2, 0.25) is 0 Å². The third-order valence-electron chi connectivity index (χ3n) is 5.14. The van der Waals surface area contributed by atoms with E-state index in [4.69, 9.17) is 9.73 Å². The van der Waals surface area contributed by atoms with Gasteiger partial charge in [-0.25, -0.2) is 9.78 Å². The maximum absolute atomic E-state index is 11.8. The predicted molar refractivity (Wildman–Crippen MR) is 131 cm³/mol. The summed E-state index contributed by atoms with van der Waals surface area (Å²) in [7, 11) is 0. The Morgan fingerprint density at radius 3 is 2.70 bits per heavy atom. The molecule has 1 fully saturated rings. The Morgan fingerprint density at radius 1 is 1.27 bits per heavy atom. The van der Waals surface area contributed by atoms with E-state index in [2.05, 4.69) is 33.2 Å². The number of guanidine groups is 1. The van der Waals surface area contributed by atoms with Gasteiger partial charge in [0.25, 0.3) is 0 Å². The molecule has 0 spiro atoms. The Morgan fingerprint density at radius 2 is 2.00 bits per heavy atom. The van der Waals surface area contributed by atoms with E-state index in [1.54, 1.807) is 4.90 Å². The molecule has 1 aliphatic heterocycles. The zero-order chi connectivity index (χ0) is 20.6. The topological polar surface area (TPSA) is 83.8 Å². The van der Waals surface area contributed by atoms with E-state index in [9.17, 15) is 4.79 Å². The number of imidazole rings is 1. The van der Waals surface area contributed by atoms with Crippen LogP contribution in [0, 0.1) is 6.92 Å². The standard InChI is InChI=1S/C21H32N6O2.HI/c1-4-22-20(25-17-10-13-26(14-11-17)21(28)29-5-2)23-12-15-27-16(3)24-18-8-6-7-9-19(18)27;/h6-9,17H,4-5,10-15H2,1-3H3,(H2,22,23,25);1H. The van der Waals surface area contributed by atoms with Gasteiger partial charge in [-0.2, -0.15) is 0 Å². The number of ether oxygens (including phenoxy) is 1. The average Bonchev–Trinajstić information content (AvgIpc) is 3.04. The van der Waals surface area contributed by atoms with Gasteiger partial charge in [0.05, 0.1) is 24.2 Å². The molecule has 0 atom stereocenters. The summed E-state index contributed by atoms with van der Waals surface area (Å²) < 4.78 is 7.30. The highest BCUT2D eigenvalue weighted by molar-refractivity contribution is 14.0. The number of fused-ring (bicyclic) bond motifs is 1. The quantitative estimate of drug-likeness (QED) is 0.342. The molecule has 2 aromatic rings. The first-order valence-electron chi connectivity index (χ1n) is 10.5. The minimum Gasteiger partial charge on any atom is -0.450 e. The van der Waals surface area contributed by atoms with Gasteiger partial charge >= 0.3 is 6.09 Å². The van der Waals surface area contributed by atoms with Gasteiger partial charge in [-0.05, 0) is 45.7 Å². The Bertz CT molecular complexity index is 845. The normalized spacial score (nSPS) is 15.0. The maximum atomic E-state index is 11.8. The smallest absolute Gasteiger partial charge is 0.409 e. The molecule has 9 heteroatoms. The number of nitrogens with zero attached hydrogens (tertiary/aromatic N) is 4. The Hall–Kier alpha value is -2.04. The first-order valence-corrected chi connectivity index (χ1v) is 10.5. The van der Waals surface area contributed by atoms with Crippen molar-refractivity contribution in [2.75, 3.05) is 32.8 Å². The molecule has 8 nitrogen and oxygen atoms in total. The molecule has 1 saturated heterocycles. The molecular formula is C21H33IN6O2. The van der Waals surface area contributed by atoms with Crippen molar-refractivity contribution in [1.29, 1.82) is 0 Å². The summed E-state index contributed by atoms with van der Waals surface area (Å²) in [5.41, 5.74) is 2.16. The average molecular weight is 528 g/mol. The van der Waals surface area contributed by atoms with Crippen molar-refractivity contribution >= 4 is 47.1 Å². The van der Waals surface area contributed by atoms with Crippen LogP contribution in [0.5, 0.6) is 0 Å². The lowest BCUT2D eigenvalue weighted by molar-refractivity contribution is 0.0963. The first kappa shape index (κ1) is 24.2. The summed E-state index contributed by atoms with van der Waals surface area (Å²) in [6.07, 6.45) is 1.55. The molecule has 1 aliphatic rings. The van der Waals surface area contributed by atoms with E-state index in [0.29, 0.717) is 32.3 Å². The van der Waals surface area contributed by atoms with E-state index in [1.807, 2.05) is 32.0 Å². The minimum atomic E-state index is -0.213. The van der Waals surface area contributed by atoms with Crippen LogP contribution in [0.15, 0.2) is 29.3 Å². The van der Waals surface area contributed by atoms with Crippen LogP contribution in [0.1, 0.15) is 32.5 Å². The lowest BCUT2D eigenvalue weighted by atomic mass is 10.1. The highest BCUT2D eigenvalue weighted by Gasteiger charge is 2.24. The predicted octanol–water partition coefficient (Wildman–Crippen LogP) is 3.14. The minimum absolute atomic E-state index is 0. The van der Waals surface area contributed by atoms with Crippen molar-refractivity contribution in [3.05, 3.63) is 30.1 Å². The van der Waals surface area contributed by atoms with Crippen molar-refractivity contribution in [3.63, 3.8) is 0 Å². The molecule has 0 aliphatic carbocycles. The number of aromatic nitrogens is 2. The second-order valence-corrected chi connectivity index (χ2v) is 7.16. The number of likely N-dealkylation sites (tertiary alicyclic amines) is 1. The molecule has 0 saturated carbocycles. The van der Waals surface area contributed by atoms with Crippen LogP contribution in [0.25, 0.3) is 11.0 Å². The number of hydrogen-bond acceptors (Lipinski definition) is 4. The summed E-state index contributed by atoms with van der Waals surface area (Å²) >= 11 is 0. The molecule has 2 N–H and O–H groups in total. The third kappa shape index (κ3) is 6.23. The van der Waals surface area contributed by atoms with E-state index in [0.717, 1.165) is 48.7 Å². The molecule has 0 bridgehead atoms. The number of nitrogens with one attached hydrogen (secondary N) is 2. The highest BCUT2D eigenvalue weighted by Crippen LogP contribution is 2.15. The van der Waals surface area contributed by atoms with E-state index < -0.39 is 0 Å². The molecule has 3 rings (SSSR count). The number of amides is 1. The number of rotatable bonds is 6. The second kappa shape index (κ2) is 12.0. The number of hydrogen-bond donors (Lipinski definition) is 2. The molecule has 30 heavy (non-hydrogen) atoms. The summed E-state index contributed by atoms with van der Waals surface area (Å²) in [4.78, 5) is 23.0. The maximum Gasteiger partial charge on any atom is 0.409 e. The molecule has 2 heterocycles. The molecule has 1 aromatic heterocycles. The summed E-state index contributed by atoms with van der Waals surface area (Å²) in [6, 6.07) is 8.49. The monoisotopic (exact) mass is 528 g/mol. The number of halogens is 1. The van der Waals surface area contributed by atoms with Gasteiger partial charge in [0.1, 0.15) is 5.82 Å². The molecule has 1 aromatic carbocycles. The van der Waals surface area contributed by atoms with Crippen LogP contribution in [-0.2, 0) is 11.3 Å². The first-order chi connectivity index (χ1) is 14.1. The molecule has 0 unspecified atom stereocenters. The van der Waals surface area contributed by atoms with Crippen LogP contribution < -0.4 is 10.6 Å². The fourth-order valence-corrected chi connectivity index (χ4v) is 3.67. The Labute approximate surface area is 195 Å². The number of piperidine rings is 1. The lowest BCUT2D eigenvalue weighted by Gasteiger charge is -2.32. The molecular weight excluding hydrogens is 495 g/mol. The highest BCUT2D eigenvalue weighted by atomic mass is 127. The lowest BCUT2D eigenvalue weighted by Crippen LogP contribution is -2.50. The van der Waals surface area contributed by atoms with E-state index in [-0.39, 0.29) is 30.1 Å². The molecule has 1 amide bonds. The summed E-state index contributed by atoms with van der Waals surface area (Å²) in [5, 5.41) is 6.84. The largest absolute Gasteiger partial charge is 0.450 e. The van der Waals surface area contributed by atoms with Crippen molar-refractivity contribution in [2.24, 2.45) is 4.99 Å². The van der Waals surface area contributed by atoms with Gasteiger partial charge in [-0.3, -0.25) is 4.99 Å². The summed E-state index contributed by atoms with van der Waals surface area (Å²) in [6.45, 7) is 10.0. The van der Waals surface area contributed by atoms with Gasteiger partial charge in [0, 0.05) is 32.2 Å². The van der Waals surface area contributed by atoms with E-state index >= 15 is 0 Å². The number of benzene rings is 1. The fourth-order valence-electron chi connectivity index (χ4n) is 3.67. The van der Waals surface area contributed by atoms with Gasteiger partial charge in [0.2, 0.25) is 0 Å². The van der Waals surface area contributed by atoms with Gasteiger partial charge in [-0.15, -0.1) is 24.0 Å². The summed E-state index contributed by atoms with van der Waals surface area (Å²) in [5.74, 6) is 1.83. The SMILES string of the molecule is CCNC(=NCCn1c(C)nc2ccccc21)NC1CCN(C(=O)OCC)CC1.I. The van der Waals surface area contributed by atoms with E-state index in [1.165, 1.54) is 0 Å². The van der Waals surface area contributed by atoms with Gasteiger partial charge in [0.15, 0.2) is 5.96 Å². The van der Waals surface area contributed by atoms with Crippen molar-refractivity contribution < 1.29 is 9.53 Å². The van der Waals surface area contributed by atoms with Crippen molar-refractivity contribution in [3.8, 4) is 0 Å². The zero-order valence-corrected chi connectivity index (χ0v) is 20.4. The molecule has 166 valence electrons. The number of carbonyl (C=O) groups excluding carboxylic acids is 1. The van der Waals surface area contributed by atoms with Crippen molar-refractivity contribution in [2.45, 2.75) is 46.2 Å². The number of aliphatic imine (C=N–C) groups is 1. The number of para-hydroxylation sites is 2. The third-order valence-corrected chi connectivity index (χ3v) is 5.14. The van der Waals surface area contributed by atoms with Crippen LogP contribution >= 0.6 is 24.0 Å². The molecule has 0 radical (unpaired) electrons. The van der Waals surface area contributed by atoms with Crippen LogP contribution in [0.3, 0.4) is 0 Å². The van der Waals surface area contributed by atoms with Gasteiger partial charge < -0.3 is 24.8 Å². The van der Waals surface area contributed by atoms with Crippen LogP contribution in [-0.4, -0.2) is 65.3 Å². The van der Waals surface area contributed by atoms with Gasteiger partial charge in [-0.1, -0.05) is 12.1 Å². The number of carbonyl (C=O) groups is 1. The van der Waals surface area contributed by atoms with Crippen molar-refractivity contribution in [1.82, 2.24) is 25.1 Å². The second-order valence-electron chi connectivity index (χ2n) is 7.16. The Balaban J connectivity index is 0.00000320. The zero-order valence-electron chi connectivity index (χ0n) is 18.1. The Kier molecular flexibility index (Phi) is 9.67. The fraction of sp³-hybridized carbons (Fsp3) is 0.571. The number of aryl methyl sites for hydroxylation is 1. The van der Waals surface area contributed by atoms with Crippen LogP contribution in [0.4, 0.5) is 4.79 Å².